The van der Waals surface area contributed by atoms with E-state index in [4.69, 9.17) is 4.74 Å². The highest BCUT2D eigenvalue weighted by Crippen LogP contribution is 2.18. The van der Waals surface area contributed by atoms with Crippen LogP contribution in [0.4, 0.5) is 0 Å². The molecule has 17 heavy (non-hydrogen) atoms. The van der Waals surface area contributed by atoms with Crippen molar-refractivity contribution in [1.82, 2.24) is 15.0 Å². The Kier molecular flexibility index (Phi) is 3.88. The number of hydrogen-bond donors (Lipinski definition) is 0. The summed E-state index contributed by atoms with van der Waals surface area (Å²) >= 11 is 0. The van der Waals surface area contributed by atoms with Crippen molar-refractivity contribution in [2.24, 2.45) is 0 Å². The molecule has 0 bridgehead atoms. The molecule has 90 valence electrons. The van der Waals surface area contributed by atoms with Crippen LogP contribution in [-0.4, -0.2) is 28.7 Å². The molecular formula is C13H17N3O. The van der Waals surface area contributed by atoms with Gasteiger partial charge in [0.05, 0.1) is 18.8 Å². The van der Waals surface area contributed by atoms with Crippen molar-refractivity contribution in [1.29, 1.82) is 0 Å². The van der Waals surface area contributed by atoms with Crippen molar-refractivity contribution >= 4 is 0 Å². The van der Waals surface area contributed by atoms with Crippen LogP contribution in [-0.2, 0) is 4.74 Å². The molecule has 4 heteroatoms. The summed E-state index contributed by atoms with van der Waals surface area (Å²) in [6, 6.07) is 10.3. The van der Waals surface area contributed by atoms with Gasteiger partial charge in [0, 0.05) is 12.7 Å². The zero-order valence-corrected chi connectivity index (χ0v) is 10.2. The van der Waals surface area contributed by atoms with Crippen LogP contribution in [0.1, 0.15) is 19.4 Å². The summed E-state index contributed by atoms with van der Waals surface area (Å²) < 4.78 is 7.06. The molecule has 1 aromatic carbocycles. The number of hydrogen-bond acceptors (Lipinski definition) is 3. The molecular weight excluding hydrogens is 214 g/mol. The highest BCUT2D eigenvalue weighted by molar-refractivity contribution is 5.57. The van der Waals surface area contributed by atoms with E-state index >= 15 is 0 Å². The van der Waals surface area contributed by atoms with Crippen LogP contribution in [0.3, 0.4) is 0 Å². The van der Waals surface area contributed by atoms with E-state index in [0.717, 1.165) is 17.7 Å². The number of nitrogens with zero attached hydrogens (tertiary/aromatic N) is 3. The summed E-state index contributed by atoms with van der Waals surface area (Å²) in [5.74, 6) is 0. The topological polar surface area (TPSA) is 39.9 Å². The molecule has 0 aliphatic heterocycles. The zero-order valence-electron chi connectivity index (χ0n) is 10.2. The van der Waals surface area contributed by atoms with Gasteiger partial charge in [-0.3, -0.25) is 0 Å². The van der Waals surface area contributed by atoms with Gasteiger partial charge in [0.2, 0.25) is 0 Å². The Morgan fingerprint density at radius 1 is 1.29 bits per heavy atom. The van der Waals surface area contributed by atoms with Crippen LogP contribution in [0.15, 0.2) is 36.5 Å². The zero-order chi connectivity index (χ0) is 12.1. The molecule has 4 nitrogen and oxygen atoms in total. The minimum absolute atomic E-state index is 0.255. The molecule has 0 aliphatic rings. The summed E-state index contributed by atoms with van der Waals surface area (Å²) in [5.41, 5.74) is 1.99. The van der Waals surface area contributed by atoms with Gasteiger partial charge in [0.15, 0.2) is 0 Å². The van der Waals surface area contributed by atoms with E-state index in [1.54, 1.807) is 7.11 Å². The first-order valence-electron chi connectivity index (χ1n) is 5.81. The second-order valence-electron chi connectivity index (χ2n) is 3.97. The second-order valence-corrected chi connectivity index (χ2v) is 3.97. The third-order valence-electron chi connectivity index (χ3n) is 2.78. The predicted molar refractivity (Wildman–Crippen MR) is 66.7 cm³/mol. The Balaban J connectivity index is 2.21. The smallest absolute Gasteiger partial charge is 0.113 e. The molecule has 0 spiro atoms. The quantitative estimate of drug-likeness (QED) is 0.794. The van der Waals surface area contributed by atoms with Crippen molar-refractivity contribution in [2.45, 2.75) is 19.4 Å². The number of aromatic nitrogens is 3. The Hall–Kier alpha value is -1.68. The monoisotopic (exact) mass is 231 g/mol. The molecule has 1 atom stereocenters. The van der Waals surface area contributed by atoms with Gasteiger partial charge in [0.25, 0.3) is 0 Å². The SMILES string of the molecule is CCC(COC)n1cc(-c2ccccc2)nn1. The van der Waals surface area contributed by atoms with Crippen LogP contribution < -0.4 is 0 Å². The minimum atomic E-state index is 0.255. The van der Waals surface area contributed by atoms with E-state index in [1.807, 2.05) is 41.2 Å². The first kappa shape index (κ1) is 11.8. The molecule has 1 heterocycles. The fourth-order valence-electron chi connectivity index (χ4n) is 1.77. The summed E-state index contributed by atoms with van der Waals surface area (Å²) in [6.45, 7) is 2.78. The van der Waals surface area contributed by atoms with Gasteiger partial charge < -0.3 is 4.74 Å². The van der Waals surface area contributed by atoms with Crippen molar-refractivity contribution in [3.05, 3.63) is 36.5 Å². The number of benzene rings is 1. The van der Waals surface area contributed by atoms with Crippen LogP contribution in [0.25, 0.3) is 11.3 Å². The highest BCUT2D eigenvalue weighted by Gasteiger charge is 2.11. The van der Waals surface area contributed by atoms with Crippen LogP contribution >= 0.6 is 0 Å². The largest absolute Gasteiger partial charge is 0.382 e. The molecule has 0 radical (unpaired) electrons. The fourth-order valence-corrected chi connectivity index (χ4v) is 1.77. The first-order valence-corrected chi connectivity index (χ1v) is 5.81. The van der Waals surface area contributed by atoms with E-state index in [9.17, 15) is 0 Å². The van der Waals surface area contributed by atoms with Gasteiger partial charge in [-0.2, -0.15) is 0 Å². The summed E-state index contributed by atoms with van der Waals surface area (Å²) in [5, 5.41) is 8.36. The van der Waals surface area contributed by atoms with Gasteiger partial charge in [-0.25, -0.2) is 4.68 Å². The van der Waals surface area contributed by atoms with E-state index in [0.29, 0.717) is 6.61 Å². The van der Waals surface area contributed by atoms with E-state index in [1.165, 1.54) is 0 Å². The highest BCUT2D eigenvalue weighted by atomic mass is 16.5. The third kappa shape index (κ3) is 2.71. The van der Waals surface area contributed by atoms with Gasteiger partial charge in [0.1, 0.15) is 5.69 Å². The molecule has 0 N–H and O–H groups in total. The molecule has 0 saturated heterocycles. The first-order chi connectivity index (χ1) is 8.35. The lowest BCUT2D eigenvalue weighted by molar-refractivity contribution is 0.146. The average molecular weight is 231 g/mol. The van der Waals surface area contributed by atoms with Crippen molar-refractivity contribution in [2.75, 3.05) is 13.7 Å². The lowest BCUT2D eigenvalue weighted by Gasteiger charge is -2.12. The lowest BCUT2D eigenvalue weighted by Crippen LogP contribution is -2.14. The van der Waals surface area contributed by atoms with Crippen LogP contribution in [0.5, 0.6) is 0 Å². The molecule has 1 aromatic heterocycles. The molecule has 0 saturated carbocycles. The van der Waals surface area contributed by atoms with Crippen LogP contribution in [0.2, 0.25) is 0 Å². The number of methoxy groups -OCH3 is 1. The molecule has 0 amide bonds. The lowest BCUT2D eigenvalue weighted by atomic mass is 10.2. The Morgan fingerprint density at radius 3 is 2.71 bits per heavy atom. The van der Waals surface area contributed by atoms with Gasteiger partial charge in [-0.1, -0.05) is 42.5 Å². The predicted octanol–water partition coefficient (Wildman–Crippen LogP) is 2.54. The Labute approximate surface area is 101 Å². The van der Waals surface area contributed by atoms with Gasteiger partial charge in [-0.15, -0.1) is 5.10 Å². The minimum Gasteiger partial charge on any atom is -0.382 e. The molecule has 2 aromatic rings. The normalized spacial score (nSPS) is 12.6. The van der Waals surface area contributed by atoms with E-state index in [2.05, 4.69) is 17.2 Å². The second kappa shape index (κ2) is 5.59. The summed E-state index contributed by atoms with van der Waals surface area (Å²) in [7, 11) is 1.71. The molecule has 1 unspecified atom stereocenters. The number of ether oxygens (including phenoxy) is 1. The van der Waals surface area contributed by atoms with Crippen molar-refractivity contribution in [3.8, 4) is 11.3 Å². The average Bonchev–Trinajstić information content (AvgIpc) is 2.86. The molecule has 2 rings (SSSR count). The summed E-state index contributed by atoms with van der Waals surface area (Å²) in [4.78, 5) is 0. The summed E-state index contributed by atoms with van der Waals surface area (Å²) in [6.07, 6.45) is 2.95. The molecule has 0 aliphatic carbocycles. The Bertz CT molecular complexity index is 453. The van der Waals surface area contributed by atoms with Crippen molar-refractivity contribution in [3.63, 3.8) is 0 Å². The maximum absolute atomic E-state index is 5.18. The maximum atomic E-state index is 5.18. The third-order valence-corrected chi connectivity index (χ3v) is 2.78. The van der Waals surface area contributed by atoms with E-state index < -0.39 is 0 Å². The molecule has 0 fully saturated rings. The van der Waals surface area contributed by atoms with E-state index in [-0.39, 0.29) is 6.04 Å². The van der Waals surface area contributed by atoms with Crippen molar-refractivity contribution < 1.29 is 4.74 Å². The van der Waals surface area contributed by atoms with Gasteiger partial charge in [-0.05, 0) is 6.42 Å². The number of rotatable bonds is 5. The maximum Gasteiger partial charge on any atom is 0.113 e. The fraction of sp³-hybridized carbons (Fsp3) is 0.385. The standard InChI is InChI=1S/C13H17N3O/c1-3-12(10-17-2)16-9-13(14-15-16)11-7-5-4-6-8-11/h4-9,12H,3,10H2,1-2H3. The van der Waals surface area contributed by atoms with Gasteiger partial charge >= 0.3 is 0 Å². The van der Waals surface area contributed by atoms with Crippen LogP contribution in [0, 0.1) is 0 Å². The Morgan fingerprint density at radius 2 is 2.06 bits per heavy atom.